The van der Waals surface area contributed by atoms with Crippen LogP contribution in [0.15, 0.2) is 30.3 Å². The van der Waals surface area contributed by atoms with Crippen LogP contribution in [0.3, 0.4) is 0 Å². The van der Waals surface area contributed by atoms with E-state index >= 15 is 0 Å². The lowest BCUT2D eigenvalue weighted by Crippen LogP contribution is -2.55. The van der Waals surface area contributed by atoms with Crippen molar-refractivity contribution in [1.29, 1.82) is 0 Å². The number of Topliss-reactive ketones (excluding diaryl/α,β-unsaturated/α-hetero) is 1. The molecule has 0 saturated carbocycles. The first-order valence-electron chi connectivity index (χ1n) is 12.4. The second-order valence-electron chi connectivity index (χ2n) is 9.13. The largest absolute Gasteiger partial charge is 0.542 e. The Balaban J connectivity index is 0.00000201. The quantitative estimate of drug-likeness (QED) is 0.172. The summed E-state index contributed by atoms with van der Waals surface area (Å²) < 4.78 is 36.7. The number of halogens is 3. The third-order valence-electron chi connectivity index (χ3n) is 5.08. The lowest BCUT2D eigenvalue weighted by atomic mass is 10.0. The molecule has 3 atom stereocenters. The third kappa shape index (κ3) is 15.8. The number of alkyl carbamates (subject to hydrolysis) is 1. The van der Waals surface area contributed by atoms with E-state index in [0.717, 1.165) is 5.56 Å². The molecule has 0 aliphatic heterocycles. The number of rotatable bonds is 14. The minimum Gasteiger partial charge on any atom is -0.542 e. The number of amides is 3. The van der Waals surface area contributed by atoms with Crippen LogP contribution in [0, 0.1) is 5.92 Å². The van der Waals surface area contributed by atoms with E-state index in [1.165, 1.54) is 6.92 Å². The second-order valence-corrected chi connectivity index (χ2v) is 9.13. The molecule has 0 bridgehead atoms. The maximum atomic E-state index is 12.7. The number of aliphatic carboxylic acids is 2. The van der Waals surface area contributed by atoms with Crippen LogP contribution in [0.4, 0.5) is 18.0 Å². The van der Waals surface area contributed by atoms with E-state index in [1.807, 2.05) is 6.07 Å². The number of carboxylic acids is 2. The number of ketones is 1. The van der Waals surface area contributed by atoms with Gasteiger partial charge in [0.05, 0.1) is 12.6 Å². The second kappa shape index (κ2) is 18.2. The SMILES string of the molecule is CC(C)C[C@H](NC(=O)C(=O)[C@H](C)NC(=O)[C@H](CCC[NH3+])NC(=O)OCc1ccccc1)C(=O)O.O=C([O-])C(F)(F)F. The van der Waals surface area contributed by atoms with Gasteiger partial charge in [-0.05, 0) is 37.7 Å². The predicted octanol–water partition coefficient (Wildman–Crippen LogP) is -0.709. The summed E-state index contributed by atoms with van der Waals surface area (Å²) >= 11 is 0. The van der Waals surface area contributed by atoms with Crippen molar-refractivity contribution in [2.24, 2.45) is 5.92 Å². The molecule has 16 heteroatoms. The molecule has 1 aromatic rings. The fraction of sp³-hybridized carbons (Fsp3) is 0.520. The van der Waals surface area contributed by atoms with E-state index in [2.05, 4.69) is 21.7 Å². The highest BCUT2D eigenvalue weighted by Crippen LogP contribution is 2.11. The first kappa shape index (κ1) is 36.8. The van der Waals surface area contributed by atoms with Gasteiger partial charge < -0.3 is 41.4 Å². The minimum atomic E-state index is -5.19. The summed E-state index contributed by atoms with van der Waals surface area (Å²) in [6.07, 6.45) is -5.08. The average molecular weight is 593 g/mol. The number of nitrogens with one attached hydrogen (secondary N) is 3. The Labute approximate surface area is 234 Å². The van der Waals surface area contributed by atoms with E-state index in [0.29, 0.717) is 13.0 Å². The molecular weight excluding hydrogens is 557 g/mol. The van der Waals surface area contributed by atoms with Gasteiger partial charge >= 0.3 is 18.2 Å². The van der Waals surface area contributed by atoms with Gasteiger partial charge in [0.25, 0.3) is 5.91 Å². The van der Waals surface area contributed by atoms with Gasteiger partial charge in [0.2, 0.25) is 11.7 Å². The maximum absolute atomic E-state index is 12.7. The van der Waals surface area contributed by atoms with Crippen molar-refractivity contribution in [3.8, 4) is 0 Å². The van der Waals surface area contributed by atoms with Gasteiger partial charge in [-0.2, -0.15) is 13.2 Å². The van der Waals surface area contributed by atoms with Gasteiger partial charge in [0, 0.05) is 0 Å². The summed E-state index contributed by atoms with van der Waals surface area (Å²) in [4.78, 5) is 69.6. The number of carbonyl (C=O) groups is 6. The van der Waals surface area contributed by atoms with Crippen molar-refractivity contribution in [2.75, 3.05) is 6.54 Å². The Morgan fingerprint density at radius 2 is 1.54 bits per heavy atom. The number of alkyl halides is 3. The molecule has 0 saturated heterocycles. The van der Waals surface area contributed by atoms with Crippen LogP contribution in [0.1, 0.15) is 45.6 Å². The monoisotopic (exact) mass is 592 g/mol. The molecule has 0 fully saturated rings. The molecule has 0 heterocycles. The van der Waals surface area contributed by atoms with Crippen LogP contribution in [-0.2, 0) is 35.3 Å². The van der Waals surface area contributed by atoms with E-state index in [9.17, 15) is 42.3 Å². The Morgan fingerprint density at radius 1 is 0.976 bits per heavy atom. The van der Waals surface area contributed by atoms with E-state index in [-0.39, 0.29) is 25.4 Å². The van der Waals surface area contributed by atoms with Crippen LogP contribution >= 0.6 is 0 Å². The summed E-state index contributed by atoms with van der Waals surface area (Å²) in [5, 5.41) is 25.1. The Bertz CT molecular complexity index is 1040. The fourth-order valence-corrected chi connectivity index (χ4v) is 3.02. The minimum absolute atomic E-state index is 0.0184. The van der Waals surface area contributed by atoms with Crippen molar-refractivity contribution in [3.05, 3.63) is 35.9 Å². The number of hydrogen-bond acceptors (Lipinski definition) is 8. The number of carboxylic acid groups (broad SMARTS) is 2. The highest BCUT2D eigenvalue weighted by Gasteiger charge is 2.30. The molecule has 3 amide bonds. The molecule has 0 unspecified atom stereocenters. The maximum Gasteiger partial charge on any atom is 0.430 e. The van der Waals surface area contributed by atoms with Crippen LogP contribution in [0.5, 0.6) is 0 Å². The molecule has 0 aliphatic rings. The number of hydrogen-bond donors (Lipinski definition) is 5. The first-order chi connectivity index (χ1) is 19.0. The van der Waals surface area contributed by atoms with Gasteiger partial charge in [0.1, 0.15) is 24.7 Å². The van der Waals surface area contributed by atoms with Gasteiger partial charge in [-0.15, -0.1) is 0 Å². The van der Waals surface area contributed by atoms with Gasteiger partial charge in [0.15, 0.2) is 0 Å². The number of quaternary nitrogens is 1. The van der Waals surface area contributed by atoms with Crippen molar-refractivity contribution in [2.45, 2.75) is 70.9 Å². The molecule has 0 aromatic heterocycles. The number of carbonyl (C=O) groups excluding carboxylic acids is 5. The Kier molecular flexibility index (Phi) is 16.3. The first-order valence-corrected chi connectivity index (χ1v) is 12.4. The van der Waals surface area contributed by atoms with Gasteiger partial charge in [-0.3, -0.25) is 14.4 Å². The Hall–Kier alpha value is -4.21. The van der Waals surface area contributed by atoms with E-state index in [1.54, 1.807) is 38.1 Å². The van der Waals surface area contributed by atoms with Crippen LogP contribution in [-0.4, -0.2) is 71.6 Å². The summed E-state index contributed by atoms with van der Waals surface area (Å²) in [5.41, 5.74) is 4.49. The number of ether oxygens (including phenoxy) is 1. The summed E-state index contributed by atoms with van der Waals surface area (Å²) in [5.74, 6) is -7.05. The topological polar surface area (TPSA) is 219 Å². The van der Waals surface area contributed by atoms with Crippen LogP contribution in [0.2, 0.25) is 0 Å². The van der Waals surface area contributed by atoms with Crippen LogP contribution < -0.4 is 26.8 Å². The summed E-state index contributed by atoms with van der Waals surface area (Å²) in [6.45, 7) is 5.43. The van der Waals surface area contributed by atoms with Gasteiger partial charge in [-0.25, -0.2) is 9.59 Å². The van der Waals surface area contributed by atoms with Crippen molar-refractivity contribution >= 4 is 35.6 Å². The van der Waals surface area contributed by atoms with E-state index < -0.39 is 59.9 Å². The third-order valence-corrected chi connectivity index (χ3v) is 5.08. The molecule has 230 valence electrons. The molecule has 0 spiro atoms. The average Bonchev–Trinajstić information content (AvgIpc) is 2.88. The molecule has 0 aliphatic carbocycles. The Morgan fingerprint density at radius 3 is 2.00 bits per heavy atom. The zero-order chi connectivity index (χ0) is 31.8. The fourth-order valence-electron chi connectivity index (χ4n) is 3.02. The van der Waals surface area contributed by atoms with Crippen molar-refractivity contribution < 1.29 is 62.6 Å². The van der Waals surface area contributed by atoms with Gasteiger partial charge in [-0.1, -0.05) is 44.2 Å². The lowest BCUT2D eigenvalue weighted by molar-refractivity contribution is -0.368. The van der Waals surface area contributed by atoms with Crippen molar-refractivity contribution in [3.63, 3.8) is 0 Å². The zero-order valence-electron chi connectivity index (χ0n) is 22.8. The standard InChI is InChI=1S/C23H34N4O7.C2HF3O2/c1-14(2)12-18(22(31)32)26-21(30)19(28)15(3)25-20(29)17(10-7-11-24)27-23(33)34-13-16-8-5-4-6-9-16;3-2(4,5)1(6)7/h4-6,8-9,14-15,17-18H,7,10-13,24H2,1-3H3,(H,25,29)(H,26,30)(H,27,33)(H,31,32);(H,6,7)/t15-,17-,18-;/m0./s1. The smallest absolute Gasteiger partial charge is 0.430 e. The van der Waals surface area contributed by atoms with Crippen molar-refractivity contribution in [1.82, 2.24) is 16.0 Å². The summed E-state index contributed by atoms with van der Waals surface area (Å²) in [7, 11) is 0. The number of benzene rings is 1. The van der Waals surface area contributed by atoms with Crippen LogP contribution in [0.25, 0.3) is 0 Å². The molecule has 7 N–H and O–H groups in total. The highest BCUT2D eigenvalue weighted by atomic mass is 19.4. The lowest BCUT2D eigenvalue weighted by Gasteiger charge is -2.21. The van der Waals surface area contributed by atoms with E-state index in [4.69, 9.17) is 14.6 Å². The molecule has 41 heavy (non-hydrogen) atoms. The molecule has 1 aromatic carbocycles. The highest BCUT2D eigenvalue weighted by molar-refractivity contribution is 6.38. The normalized spacial score (nSPS) is 13.0. The molecule has 1 rings (SSSR count). The molecule has 13 nitrogen and oxygen atoms in total. The molecular formula is C25H35F3N4O9. The molecule has 0 radical (unpaired) electrons. The zero-order valence-corrected chi connectivity index (χ0v) is 22.8. The predicted molar refractivity (Wildman–Crippen MR) is 133 cm³/mol. The summed E-state index contributed by atoms with van der Waals surface area (Å²) in [6, 6.07) is 5.56.